The van der Waals surface area contributed by atoms with Gasteiger partial charge in [0.25, 0.3) is 0 Å². The molecule has 0 aromatic heterocycles. The summed E-state index contributed by atoms with van der Waals surface area (Å²) in [5.41, 5.74) is 0.223. The van der Waals surface area contributed by atoms with E-state index in [1.807, 2.05) is 52.0 Å². The highest BCUT2D eigenvalue weighted by Crippen LogP contribution is 2.36. The van der Waals surface area contributed by atoms with Crippen LogP contribution in [0.25, 0.3) is 0 Å². The van der Waals surface area contributed by atoms with E-state index in [1.54, 1.807) is 0 Å². The number of amides is 1. The lowest BCUT2D eigenvalue weighted by Gasteiger charge is -2.32. The number of rotatable bonds is 10. The molecule has 1 heterocycles. The van der Waals surface area contributed by atoms with Crippen molar-refractivity contribution >= 4 is 24.5 Å². The Morgan fingerprint density at radius 3 is 2.21 bits per heavy atom. The van der Waals surface area contributed by atoms with Gasteiger partial charge < -0.3 is 24.5 Å². The summed E-state index contributed by atoms with van der Waals surface area (Å²) < 4.78 is 17.8. The minimum atomic E-state index is -0.965. The Balaban J connectivity index is 1.66. The van der Waals surface area contributed by atoms with Crippen LogP contribution in [0.15, 0.2) is 24.3 Å². The third-order valence-electron chi connectivity index (χ3n) is 5.13. The molecule has 0 spiro atoms. The van der Waals surface area contributed by atoms with E-state index in [9.17, 15) is 9.59 Å². The highest BCUT2D eigenvalue weighted by atomic mass is 16.7. The zero-order chi connectivity index (χ0) is 20.8. The average molecular weight is 391 g/mol. The highest BCUT2D eigenvalue weighted by Gasteiger charge is 2.51. The summed E-state index contributed by atoms with van der Waals surface area (Å²) in [5, 5.41) is 11.2. The van der Waals surface area contributed by atoms with Gasteiger partial charge in [0, 0.05) is 13.0 Å². The first-order valence-corrected chi connectivity index (χ1v) is 9.68. The summed E-state index contributed by atoms with van der Waals surface area (Å²) in [6.07, 6.45) is 1.43. The second-order valence-electron chi connectivity index (χ2n) is 7.96. The van der Waals surface area contributed by atoms with Crippen molar-refractivity contribution in [3.8, 4) is 5.75 Å². The third-order valence-corrected chi connectivity index (χ3v) is 5.13. The largest absolute Gasteiger partial charge is 0.494 e. The highest BCUT2D eigenvalue weighted by molar-refractivity contribution is 6.62. The lowest BCUT2D eigenvalue weighted by atomic mass is 9.79. The molecule has 0 unspecified atom stereocenters. The molecule has 8 heteroatoms. The van der Waals surface area contributed by atoms with Gasteiger partial charge in [-0.2, -0.15) is 0 Å². The third kappa shape index (κ3) is 6.24. The van der Waals surface area contributed by atoms with Gasteiger partial charge in [0.1, 0.15) is 5.75 Å². The number of nitrogens with one attached hydrogen (secondary N) is 1. The minimum absolute atomic E-state index is 0.0149. The van der Waals surface area contributed by atoms with E-state index in [4.69, 9.17) is 19.2 Å². The molecule has 2 rings (SSSR count). The summed E-state index contributed by atoms with van der Waals surface area (Å²) in [6, 6.07) is 7.68. The number of aliphatic carboxylic acids is 1. The van der Waals surface area contributed by atoms with Gasteiger partial charge in [-0.25, -0.2) is 0 Å². The van der Waals surface area contributed by atoms with Crippen LogP contribution in [0.1, 0.15) is 53.4 Å². The monoisotopic (exact) mass is 391 g/mol. The fourth-order valence-corrected chi connectivity index (χ4v) is 2.65. The number of benzene rings is 1. The molecule has 1 saturated heterocycles. The first-order valence-electron chi connectivity index (χ1n) is 9.68. The van der Waals surface area contributed by atoms with Crippen LogP contribution in [0.5, 0.6) is 5.75 Å². The average Bonchev–Trinajstić information content (AvgIpc) is 2.84. The van der Waals surface area contributed by atoms with Crippen molar-refractivity contribution in [2.75, 3.05) is 13.2 Å². The fraction of sp³-hybridized carbons (Fsp3) is 0.600. The van der Waals surface area contributed by atoms with Gasteiger partial charge in [-0.1, -0.05) is 12.1 Å². The van der Waals surface area contributed by atoms with E-state index in [-0.39, 0.29) is 37.1 Å². The molecule has 1 amide bonds. The topological polar surface area (TPSA) is 94.1 Å². The lowest BCUT2D eigenvalue weighted by molar-refractivity contribution is -0.138. The van der Waals surface area contributed by atoms with Crippen LogP contribution in [-0.2, 0) is 18.9 Å². The molecule has 2 N–H and O–H groups in total. The van der Waals surface area contributed by atoms with Crippen LogP contribution in [0, 0.1) is 0 Å². The maximum atomic E-state index is 11.4. The van der Waals surface area contributed by atoms with Gasteiger partial charge in [-0.15, -0.1) is 0 Å². The molecule has 0 bridgehead atoms. The molecule has 1 aromatic rings. The van der Waals surface area contributed by atoms with Gasteiger partial charge in [-0.05, 0) is 58.1 Å². The summed E-state index contributed by atoms with van der Waals surface area (Å²) in [7, 11) is -0.385. The van der Waals surface area contributed by atoms with E-state index in [1.165, 1.54) is 0 Å². The Kier molecular flexibility index (Phi) is 7.49. The molecule has 154 valence electrons. The van der Waals surface area contributed by atoms with Gasteiger partial charge in [0.2, 0.25) is 5.91 Å². The van der Waals surface area contributed by atoms with Crippen LogP contribution >= 0.6 is 0 Å². The second kappa shape index (κ2) is 9.43. The first-order chi connectivity index (χ1) is 13.1. The Morgan fingerprint density at radius 1 is 1.04 bits per heavy atom. The van der Waals surface area contributed by atoms with E-state index < -0.39 is 5.97 Å². The first kappa shape index (κ1) is 22.2. The Bertz CT molecular complexity index is 658. The predicted molar refractivity (Wildman–Crippen MR) is 107 cm³/mol. The molecule has 0 aliphatic carbocycles. The van der Waals surface area contributed by atoms with Gasteiger partial charge in [0.05, 0.1) is 24.2 Å². The van der Waals surface area contributed by atoms with E-state index in [0.29, 0.717) is 13.2 Å². The molecule has 1 aromatic carbocycles. The summed E-state index contributed by atoms with van der Waals surface area (Å²) in [6.45, 7) is 9.17. The van der Waals surface area contributed by atoms with E-state index >= 15 is 0 Å². The van der Waals surface area contributed by atoms with Crippen LogP contribution < -0.4 is 15.5 Å². The minimum Gasteiger partial charge on any atom is -0.494 e. The second-order valence-corrected chi connectivity index (χ2v) is 7.96. The van der Waals surface area contributed by atoms with Crippen molar-refractivity contribution < 1.29 is 28.7 Å². The van der Waals surface area contributed by atoms with Crippen molar-refractivity contribution in [3.63, 3.8) is 0 Å². The van der Waals surface area contributed by atoms with Crippen molar-refractivity contribution in [3.05, 3.63) is 24.3 Å². The number of hydrogen-bond donors (Lipinski definition) is 2. The standard InChI is InChI=1S/C20H30BNO6/c1-19(2)20(3,4)28-21(27-19)15-7-9-16(10-8-15)26-14-6-5-13-22-17(23)11-12-18(24)25/h7-10H,5-6,11-14H2,1-4H3,(H,22,23)(H,24,25). The van der Waals surface area contributed by atoms with Gasteiger partial charge in [-0.3, -0.25) is 9.59 Å². The predicted octanol–water partition coefficient (Wildman–Crippen LogP) is 2.13. The summed E-state index contributed by atoms with van der Waals surface area (Å²) in [4.78, 5) is 21.8. The quantitative estimate of drug-likeness (QED) is 0.469. The maximum Gasteiger partial charge on any atom is 0.494 e. The zero-order valence-corrected chi connectivity index (χ0v) is 17.1. The smallest absolute Gasteiger partial charge is 0.494 e. The lowest BCUT2D eigenvalue weighted by Crippen LogP contribution is -2.41. The summed E-state index contributed by atoms with van der Waals surface area (Å²) >= 11 is 0. The Morgan fingerprint density at radius 2 is 1.64 bits per heavy atom. The van der Waals surface area contributed by atoms with E-state index in [0.717, 1.165) is 24.1 Å². The number of ether oxygens (including phenoxy) is 1. The number of carbonyl (C=O) groups excluding carboxylic acids is 1. The van der Waals surface area contributed by atoms with Crippen LogP contribution in [0.3, 0.4) is 0 Å². The molecule has 1 aliphatic rings. The number of carbonyl (C=O) groups is 2. The molecule has 28 heavy (non-hydrogen) atoms. The Hall–Kier alpha value is -2.06. The van der Waals surface area contributed by atoms with Crippen LogP contribution in [0.2, 0.25) is 0 Å². The summed E-state index contributed by atoms with van der Waals surface area (Å²) in [5.74, 6) is -0.430. The van der Waals surface area contributed by atoms with Crippen molar-refractivity contribution in [2.45, 2.75) is 64.6 Å². The molecule has 0 saturated carbocycles. The number of hydrogen-bond acceptors (Lipinski definition) is 5. The number of carboxylic acids is 1. The maximum absolute atomic E-state index is 11.4. The van der Waals surface area contributed by atoms with E-state index in [2.05, 4.69) is 5.32 Å². The molecule has 0 radical (unpaired) electrons. The van der Waals surface area contributed by atoms with Gasteiger partial charge in [0.15, 0.2) is 0 Å². The molecule has 1 aliphatic heterocycles. The molecule has 1 fully saturated rings. The Labute approximate surface area is 166 Å². The SMILES string of the molecule is CC1(C)OB(c2ccc(OCCCCNC(=O)CCC(=O)O)cc2)OC1(C)C. The van der Waals surface area contributed by atoms with Crippen molar-refractivity contribution in [1.82, 2.24) is 5.32 Å². The van der Waals surface area contributed by atoms with Crippen molar-refractivity contribution in [1.29, 1.82) is 0 Å². The molecular formula is C20H30BNO6. The zero-order valence-electron chi connectivity index (χ0n) is 17.1. The molecule has 0 atom stereocenters. The molecule has 7 nitrogen and oxygen atoms in total. The number of unbranched alkanes of at least 4 members (excludes halogenated alkanes) is 1. The van der Waals surface area contributed by atoms with Gasteiger partial charge >= 0.3 is 13.1 Å². The molecular weight excluding hydrogens is 361 g/mol. The van der Waals surface area contributed by atoms with Crippen LogP contribution in [-0.4, -0.2) is 48.5 Å². The number of carboxylic acid groups (broad SMARTS) is 1. The fourth-order valence-electron chi connectivity index (χ4n) is 2.65. The van der Waals surface area contributed by atoms with Crippen LogP contribution in [0.4, 0.5) is 0 Å². The normalized spacial score (nSPS) is 17.4. The van der Waals surface area contributed by atoms with Crippen molar-refractivity contribution in [2.24, 2.45) is 0 Å².